The van der Waals surface area contributed by atoms with E-state index < -0.39 is 0 Å². The van der Waals surface area contributed by atoms with Crippen LogP contribution in [-0.2, 0) is 0 Å². The van der Waals surface area contributed by atoms with Crippen molar-refractivity contribution in [3.8, 4) is 0 Å². The van der Waals surface area contributed by atoms with Crippen LogP contribution in [0, 0.1) is 0 Å². The van der Waals surface area contributed by atoms with Crippen LogP contribution in [0.4, 0.5) is 0 Å². The summed E-state index contributed by atoms with van der Waals surface area (Å²) in [5.74, 6) is 1.03. The van der Waals surface area contributed by atoms with Crippen LogP contribution in [-0.4, -0.2) is 28.8 Å². The first-order valence-electron chi connectivity index (χ1n) is 6.87. The second kappa shape index (κ2) is 9.55. The zero-order chi connectivity index (χ0) is 14.8. The Kier molecular flexibility index (Phi) is 7.29. The van der Waals surface area contributed by atoms with E-state index in [9.17, 15) is 0 Å². The Morgan fingerprint density at radius 1 is 1.14 bits per heavy atom. The van der Waals surface area contributed by atoms with Crippen LogP contribution in [0.15, 0.2) is 54.0 Å². The van der Waals surface area contributed by atoms with Crippen molar-refractivity contribution in [1.29, 1.82) is 0 Å². The van der Waals surface area contributed by atoms with Gasteiger partial charge in [0, 0.05) is 29.7 Å². The van der Waals surface area contributed by atoms with E-state index in [-0.39, 0.29) is 0 Å². The minimum atomic E-state index is 0.769. The van der Waals surface area contributed by atoms with Crippen LogP contribution < -0.4 is 5.32 Å². The van der Waals surface area contributed by atoms with E-state index in [1.807, 2.05) is 30.3 Å². The van der Waals surface area contributed by atoms with Gasteiger partial charge in [-0.25, -0.2) is 9.97 Å². The molecule has 1 N–H and O–H groups in total. The summed E-state index contributed by atoms with van der Waals surface area (Å²) in [6.45, 7) is 1.86. The Hall–Kier alpha value is -1.36. The van der Waals surface area contributed by atoms with Crippen LogP contribution in [0.2, 0.25) is 5.02 Å². The maximum Gasteiger partial charge on any atom is 0.187 e. The molecule has 110 valence electrons. The number of nitrogens with zero attached hydrogens (tertiary/aromatic N) is 2. The van der Waals surface area contributed by atoms with Crippen LogP contribution in [0.25, 0.3) is 6.08 Å². The molecule has 0 saturated heterocycles. The van der Waals surface area contributed by atoms with Gasteiger partial charge in [-0.2, -0.15) is 0 Å². The molecule has 0 spiro atoms. The van der Waals surface area contributed by atoms with Gasteiger partial charge in [-0.1, -0.05) is 47.6 Å². The number of nitrogens with one attached hydrogen (secondary N) is 1. The molecule has 5 heteroatoms. The van der Waals surface area contributed by atoms with Crippen LogP contribution in [0.5, 0.6) is 0 Å². The van der Waals surface area contributed by atoms with Gasteiger partial charge in [0.1, 0.15) is 0 Å². The molecule has 2 rings (SSSR count). The molecule has 3 nitrogen and oxygen atoms in total. The highest BCUT2D eigenvalue weighted by atomic mass is 35.5. The van der Waals surface area contributed by atoms with E-state index >= 15 is 0 Å². The molecule has 0 atom stereocenters. The summed E-state index contributed by atoms with van der Waals surface area (Å²) in [7, 11) is 0. The molecule has 1 aromatic heterocycles. The summed E-state index contributed by atoms with van der Waals surface area (Å²) in [6, 6.07) is 9.65. The highest BCUT2D eigenvalue weighted by molar-refractivity contribution is 7.99. The number of benzene rings is 1. The molecule has 1 aromatic carbocycles. The van der Waals surface area contributed by atoms with Gasteiger partial charge in [0.2, 0.25) is 0 Å². The van der Waals surface area contributed by atoms with Gasteiger partial charge in [0.05, 0.1) is 0 Å². The Bertz CT molecular complexity index is 543. The number of halogens is 1. The molecule has 0 saturated carbocycles. The lowest BCUT2D eigenvalue weighted by atomic mass is 10.2. The highest BCUT2D eigenvalue weighted by Gasteiger charge is 1.94. The third-order valence-corrected chi connectivity index (χ3v) is 3.93. The number of hydrogen-bond donors (Lipinski definition) is 1. The lowest BCUT2D eigenvalue weighted by molar-refractivity contribution is 0.734. The van der Waals surface area contributed by atoms with E-state index in [0.717, 1.165) is 41.0 Å². The second-order valence-electron chi connectivity index (χ2n) is 4.39. The zero-order valence-corrected chi connectivity index (χ0v) is 13.3. The lowest BCUT2D eigenvalue weighted by Crippen LogP contribution is -2.15. The monoisotopic (exact) mass is 319 g/mol. The van der Waals surface area contributed by atoms with Gasteiger partial charge in [0.15, 0.2) is 5.16 Å². The van der Waals surface area contributed by atoms with E-state index in [2.05, 4.69) is 27.4 Å². The van der Waals surface area contributed by atoms with Crippen molar-refractivity contribution in [2.75, 3.05) is 18.8 Å². The number of aromatic nitrogens is 2. The molecule has 0 amide bonds. The minimum Gasteiger partial charge on any atom is -0.313 e. The van der Waals surface area contributed by atoms with E-state index in [1.54, 1.807) is 24.2 Å². The summed E-state index contributed by atoms with van der Waals surface area (Å²) in [5, 5.41) is 5.00. The fourth-order valence-corrected chi connectivity index (χ4v) is 2.54. The smallest absolute Gasteiger partial charge is 0.187 e. The Morgan fingerprint density at radius 3 is 2.67 bits per heavy atom. The lowest BCUT2D eigenvalue weighted by Gasteiger charge is -2.01. The predicted molar refractivity (Wildman–Crippen MR) is 90.7 cm³/mol. The molecule has 0 fully saturated rings. The third kappa shape index (κ3) is 6.76. The summed E-state index contributed by atoms with van der Waals surface area (Å²) in [6.07, 6.45) is 8.86. The van der Waals surface area contributed by atoms with Gasteiger partial charge in [-0.15, -0.1) is 0 Å². The van der Waals surface area contributed by atoms with Crippen molar-refractivity contribution in [3.63, 3.8) is 0 Å². The topological polar surface area (TPSA) is 37.8 Å². The second-order valence-corrected chi connectivity index (χ2v) is 5.89. The van der Waals surface area contributed by atoms with Gasteiger partial charge >= 0.3 is 0 Å². The molecule has 0 radical (unpaired) electrons. The summed E-state index contributed by atoms with van der Waals surface area (Å²) >= 11 is 7.53. The number of rotatable bonds is 8. The molecule has 0 aliphatic carbocycles. The summed E-state index contributed by atoms with van der Waals surface area (Å²) < 4.78 is 0. The van der Waals surface area contributed by atoms with Crippen molar-refractivity contribution in [2.45, 2.75) is 11.6 Å². The summed E-state index contributed by atoms with van der Waals surface area (Å²) in [5.41, 5.74) is 1.16. The van der Waals surface area contributed by atoms with Gasteiger partial charge < -0.3 is 5.32 Å². The highest BCUT2D eigenvalue weighted by Crippen LogP contribution is 2.11. The van der Waals surface area contributed by atoms with Crippen LogP contribution >= 0.6 is 23.4 Å². The first-order chi connectivity index (χ1) is 10.3. The van der Waals surface area contributed by atoms with Crippen molar-refractivity contribution in [3.05, 3.63) is 59.4 Å². The quantitative estimate of drug-likeness (QED) is 0.455. The Morgan fingerprint density at radius 2 is 1.90 bits per heavy atom. The average Bonchev–Trinajstić information content (AvgIpc) is 2.53. The number of hydrogen-bond acceptors (Lipinski definition) is 4. The molecule has 21 heavy (non-hydrogen) atoms. The molecular weight excluding hydrogens is 302 g/mol. The van der Waals surface area contributed by atoms with Crippen molar-refractivity contribution in [2.24, 2.45) is 0 Å². The Labute approximate surface area is 134 Å². The van der Waals surface area contributed by atoms with Crippen LogP contribution in [0.1, 0.15) is 12.0 Å². The minimum absolute atomic E-state index is 0.769. The normalized spacial score (nSPS) is 11.1. The van der Waals surface area contributed by atoms with Gasteiger partial charge in [0.25, 0.3) is 0 Å². The van der Waals surface area contributed by atoms with Crippen molar-refractivity contribution >= 4 is 29.4 Å². The first kappa shape index (κ1) is 16.0. The molecule has 0 aliphatic heterocycles. The van der Waals surface area contributed by atoms with Gasteiger partial charge in [-0.05, 0) is 36.7 Å². The average molecular weight is 320 g/mol. The summed E-state index contributed by atoms with van der Waals surface area (Å²) in [4.78, 5) is 8.35. The SMILES string of the molecule is Clc1ccc(/C=C/CNCCCSc2ncccn2)cc1. The van der Waals surface area contributed by atoms with Gasteiger partial charge in [-0.3, -0.25) is 0 Å². The number of thioether (sulfide) groups is 1. The third-order valence-electron chi connectivity index (χ3n) is 2.71. The molecular formula is C16H18ClN3S. The maximum atomic E-state index is 5.84. The molecule has 0 bridgehead atoms. The molecule has 1 heterocycles. The van der Waals surface area contributed by atoms with Crippen molar-refractivity contribution in [1.82, 2.24) is 15.3 Å². The predicted octanol–water partition coefficient (Wildman–Crippen LogP) is 3.92. The Balaban J connectivity index is 1.53. The molecule has 2 aromatic rings. The fraction of sp³-hybridized carbons (Fsp3) is 0.250. The molecule has 0 unspecified atom stereocenters. The largest absolute Gasteiger partial charge is 0.313 e. The van der Waals surface area contributed by atoms with E-state index in [1.165, 1.54) is 0 Å². The zero-order valence-electron chi connectivity index (χ0n) is 11.7. The standard InChI is InChI=1S/C16H18ClN3S/c17-15-7-5-14(6-8-15)4-1-9-18-10-3-13-21-16-19-11-2-12-20-16/h1-2,4-8,11-12,18H,3,9-10,13H2/b4-1+. The van der Waals surface area contributed by atoms with E-state index in [4.69, 9.17) is 11.6 Å². The first-order valence-corrected chi connectivity index (χ1v) is 8.23. The molecule has 0 aliphatic rings. The van der Waals surface area contributed by atoms with Crippen LogP contribution in [0.3, 0.4) is 0 Å². The van der Waals surface area contributed by atoms with E-state index in [0.29, 0.717) is 0 Å². The fourth-order valence-electron chi connectivity index (χ4n) is 1.67. The van der Waals surface area contributed by atoms with Crippen molar-refractivity contribution < 1.29 is 0 Å². The maximum absolute atomic E-state index is 5.84.